The molecule has 0 nitrogen and oxygen atoms in total. The standard InChI is InChI=1S/C50H30S/c1-3-15-35-31(12-1)14-11-23-36(35)33-24-26-34(27-25-33)47-40-19-7-9-21-42(40)48(43-22-10-8-20-41(43)47)44-30-46-50(39-18-6-5-17-38(39)44)49-37-16-4-2-13-32(37)28-29-45(49)51-46/h1-30H/i7D,8D,9D,10D,19D,20D,21D,22D. The van der Waals surface area contributed by atoms with Gasteiger partial charge in [0.25, 0.3) is 0 Å². The first kappa shape index (κ1) is 21.7. The summed E-state index contributed by atoms with van der Waals surface area (Å²) < 4.78 is 76.0. The van der Waals surface area contributed by atoms with Gasteiger partial charge in [-0.2, -0.15) is 0 Å². The zero-order valence-corrected chi connectivity index (χ0v) is 27.9. The van der Waals surface area contributed by atoms with Crippen LogP contribution in [0, 0.1) is 0 Å². The number of thiophene rings is 1. The first-order valence-corrected chi connectivity index (χ1v) is 17.8. The zero-order chi connectivity index (χ0) is 40.4. The third-order valence-electron chi connectivity index (χ3n) is 10.3. The summed E-state index contributed by atoms with van der Waals surface area (Å²) in [5.41, 5.74) is 3.86. The quantitative estimate of drug-likeness (QED) is 0.164. The summed E-state index contributed by atoms with van der Waals surface area (Å²) in [6, 6.07) is 41.8. The Kier molecular flexibility index (Phi) is 4.74. The molecule has 0 saturated heterocycles. The molecule has 0 fully saturated rings. The van der Waals surface area contributed by atoms with E-state index >= 15 is 0 Å². The van der Waals surface area contributed by atoms with Crippen LogP contribution in [0.4, 0.5) is 0 Å². The van der Waals surface area contributed by atoms with Gasteiger partial charge in [-0.3, -0.25) is 0 Å². The predicted octanol–water partition coefficient (Wildman–Crippen LogP) is 14.8. The van der Waals surface area contributed by atoms with Gasteiger partial charge >= 0.3 is 0 Å². The molecule has 51 heavy (non-hydrogen) atoms. The molecule has 1 heteroatoms. The highest BCUT2D eigenvalue weighted by atomic mass is 32.1. The summed E-state index contributed by atoms with van der Waals surface area (Å²) in [6.07, 6.45) is 0. The lowest BCUT2D eigenvalue weighted by Gasteiger charge is -2.19. The molecule has 11 aromatic rings. The first-order valence-electron chi connectivity index (χ1n) is 20.9. The molecule has 10 aromatic carbocycles. The van der Waals surface area contributed by atoms with Gasteiger partial charge in [0.15, 0.2) is 0 Å². The van der Waals surface area contributed by atoms with E-state index in [-0.39, 0.29) is 45.7 Å². The van der Waals surface area contributed by atoms with E-state index in [0.717, 1.165) is 63.6 Å². The Hall–Kier alpha value is -6.28. The van der Waals surface area contributed by atoms with E-state index in [0.29, 0.717) is 22.3 Å². The lowest BCUT2D eigenvalue weighted by Crippen LogP contribution is -1.92. The normalized spacial score (nSPS) is 14.1. The van der Waals surface area contributed by atoms with Crippen LogP contribution >= 0.6 is 11.3 Å². The monoisotopic (exact) mass is 670 g/mol. The van der Waals surface area contributed by atoms with Gasteiger partial charge in [-0.15, -0.1) is 11.3 Å². The van der Waals surface area contributed by atoms with Crippen LogP contribution in [0.5, 0.6) is 0 Å². The first-order chi connectivity index (χ1) is 28.6. The molecule has 0 spiro atoms. The number of hydrogen-bond donors (Lipinski definition) is 0. The van der Waals surface area contributed by atoms with Crippen LogP contribution < -0.4 is 0 Å². The van der Waals surface area contributed by atoms with Crippen molar-refractivity contribution in [3.63, 3.8) is 0 Å². The van der Waals surface area contributed by atoms with E-state index in [1.807, 2.05) is 78.9 Å². The molecule has 0 atom stereocenters. The van der Waals surface area contributed by atoms with Crippen LogP contribution in [0.2, 0.25) is 0 Å². The van der Waals surface area contributed by atoms with E-state index in [2.05, 4.69) is 54.6 Å². The molecule has 0 aliphatic rings. The van der Waals surface area contributed by atoms with Crippen molar-refractivity contribution in [1.82, 2.24) is 0 Å². The summed E-state index contributed by atoms with van der Waals surface area (Å²) in [4.78, 5) is 0. The SMILES string of the molecule is [2H]c1c([2H])c([2H])c2c(-c3cc4sc5ccc6ccccc6c5c4c4ccccc34)c3c([2H])c([2H])c([2H])c([2H])c3c(-c3ccc(-c4cccc5ccccc45)cc3)c2c1[2H]. The molecule has 0 N–H and O–H groups in total. The van der Waals surface area contributed by atoms with Crippen LogP contribution in [0.25, 0.3) is 107 Å². The van der Waals surface area contributed by atoms with Crippen molar-refractivity contribution in [3.8, 4) is 33.4 Å². The second kappa shape index (κ2) is 11.1. The maximum absolute atomic E-state index is 9.56. The number of benzene rings is 10. The minimum Gasteiger partial charge on any atom is -0.135 e. The minimum absolute atomic E-state index is 0.202. The Bertz CT molecular complexity index is 3560. The molecular formula is C50H30S. The van der Waals surface area contributed by atoms with Crippen LogP contribution in [0.15, 0.2) is 182 Å². The Morgan fingerprint density at radius 3 is 1.59 bits per heavy atom. The highest BCUT2D eigenvalue weighted by molar-refractivity contribution is 7.26. The van der Waals surface area contributed by atoms with E-state index < -0.39 is 24.2 Å². The number of fused-ring (bicyclic) bond motifs is 10. The van der Waals surface area contributed by atoms with Crippen molar-refractivity contribution >= 4 is 85.4 Å². The summed E-state index contributed by atoms with van der Waals surface area (Å²) in [7, 11) is 0. The molecule has 0 aliphatic carbocycles. The van der Waals surface area contributed by atoms with Crippen molar-refractivity contribution in [2.24, 2.45) is 0 Å². The molecule has 0 unspecified atom stereocenters. The van der Waals surface area contributed by atoms with Crippen LogP contribution in [-0.2, 0) is 0 Å². The molecule has 1 aromatic heterocycles. The molecule has 0 amide bonds. The van der Waals surface area contributed by atoms with Gasteiger partial charge < -0.3 is 0 Å². The van der Waals surface area contributed by atoms with Crippen LogP contribution in [0.3, 0.4) is 0 Å². The van der Waals surface area contributed by atoms with Gasteiger partial charge in [0.2, 0.25) is 0 Å². The number of rotatable bonds is 3. The molecular weight excluding hydrogens is 633 g/mol. The summed E-state index contributed by atoms with van der Waals surface area (Å²) >= 11 is 1.64. The van der Waals surface area contributed by atoms with Gasteiger partial charge in [-0.25, -0.2) is 0 Å². The summed E-state index contributed by atoms with van der Waals surface area (Å²) in [6.45, 7) is 0. The Morgan fingerprint density at radius 1 is 0.353 bits per heavy atom. The maximum Gasteiger partial charge on any atom is 0.0629 e. The fourth-order valence-electron chi connectivity index (χ4n) is 8.08. The topological polar surface area (TPSA) is 0 Å². The van der Waals surface area contributed by atoms with E-state index in [4.69, 9.17) is 5.48 Å². The fourth-order valence-corrected chi connectivity index (χ4v) is 9.26. The Balaban J connectivity index is 1.31. The summed E-state index contributed by atoms with van der Waals surface area (Å²) in [5, 5.41) is 9.21. The zero-order valence-electron chi connectivity index (χ0n) is 35.1. The number of hydrogen-bond acceptors (Lipinski definition) is 1. The largest absolute Gasteiger partial charge is 0.135 e. The molecule has 0 saturated carbocycles. The lowest BCUT2D eigenvalue weighted by molar-refractivity contribution is 1.63. The van der Waals surface area contributed by atoms with E-state index in [1.54, 1.807) is 11.3 Å². The van der Waals surface area contributed by atoms with Crippen LogP contribution in [0.1, 0.15) is 11.0 Å². The molecule has 1 heterocycles. The van der Waals surface area contributed by atoms with Gasteiger partial charge in [0.05, 0.1) is 11.0 Å². The third kappa shape index (κ3) is 4.26. The van der Waals surface area contributed by atoms with E-state index in [9.17, 15) is 5.48 Å². The van der Waals surface area contributed by atoms with Crippen LogP contribution in [-0.4, -0.2) is 0 Å². The van der Waals surface area contributed by atoms with Crippen molar-refractivity contribution in [1.29, 1.82) is 0 Å². The van der Waals surface area contributed by atoms with Crippen molar-refractivity contribution in [2.75, 3.05) is 0 Å². The van der Waals surface area contributed by atoms with Gasteiger partial charge in [0, 0.05) is 20.2 Å². The fraction of sp³-hybridized carbons (Fsp3) is 0. The lowest BCUT2D eigenvalue weighted by atomic mass is 9.84. The van der Waals surface area contributed by atoms with Crippen molar-refractivity contribution < 1.29 is 11.0 Å². The average Bonchev–Trinajstić information content (AvgIpc) is 3.67. The average molecular weight is 671 g/mol. The van der Waals surface area contributed by atoms with E-state index in [1.165, 1.54) is 0 Å². The minimum atomic E-state index is -0.418. The van der Waals surface area contributed by atoms with Crippen molar-refractivity contribution in [2.45, 2.75) is 0 Å². The third-order valence-corrected chi connectivity index (χ3v) is 11.4. The molecule has 236 valence electrons. The second-order valence-corrected chi connectivity index (χ2v) is 14.0. The highest BCUT2D eigenvalue weighted by Gasteiger charge is 2.21. The summed E-state index contributed by atoms with van der Waals surface area (Å²) in [5.74, 6) is 0. The second-order valence-electron chi connectivity index (χ2n) is 13.0. The smallest absolute Gasteiger partial charge is 0.0629 e. The van der Waals surface area contributed by atoms with Crippen molar-refractivity contribution in [3.05, 3.63) is 182 Å². The predicted molar refractivity (Wildman–Crippen MR) is 223 cm³/mol. The van der Waals surface area contributed by atoms with Gasteiger partial charge in [-0.1, -0.05) is 170 Å². The molecule has 0 aliphatic heterocycles. The highest BCUT2D eigenvalue weighted by Crippen LogP contribution is 2.49. The molecule has 0 bridgehead atoms. The Morgan fingerprint density at radius 2 is 0.882 bits per heavy atom. The Labute approximate surface area is 310 Å². The molecule has 0 radical (unpaired) electrons. The van der Waals surface area contributed by atoms with Gasteiger partial charge in [-0.05, 0) is 99.4 Å². The van der Waals surface area contributed by atoms with Gasteiger partial charge in [0.1, 0.15) is 0 Å². The maximum atomic E-state index is 9.56. The molecule has 11 rings (SSSR count).